The maximum Gasteiger partial charge on any atom is 0.0519 e. The highest BCUT2D eigenvalue weighted by Gasteiger charge is 2.12. The zero-order valence-electron chi connectivity index (χ0n) is 7.60. The van der Waals surface area contributed by atoms with Gasteiger partial charge in [-0.05, 0) is 39.2 Å². The lowest BCUT2D eigenvalue weighted by Crippen LogP contribution is -2.32. The summed E-state index contributed by atoms with van der Waals surface area (Å²) in [6.45, 7) is 7.46. The van der Waals surface area contributed by atoms with Gasteiger partial charge in [-0.3, -0.25) is 0 Å². The summed E-state index contributed by atoms with van der Waals surface area (Å²) < 4.78 is 5.54. The lowest BCUT2D eigenvalue weighted by molar-refractivity contribution is 0.0449. The zero-order valence-corrected chi connectivity index (χ0v) is 7.60. The Morgan fingerprint density at radius 3 is 2.91 bits per heavy atom. The summed E-state index contributed by atoms with van der Waals surface area (Å²) in [6.07, 6.45) is 3.03. The van der Waals surface area contributed by atoms with Gasteiger partial charge in [-0.25, -0.2) is 0 Å². The SMILES string of the molecule is CC(C)OCC1CCCNC1. The average Bonchev–Trinajstić information content (AvgIpc) is 2.03. The maximum atomic E-state index is 5.54. The Bertz CT molecular complexity index is 97.7. The minimum absolute atomic E-state index is 0.386. The molecule has 0 radical (unpaired) electrons. The summed E-state index contributed by atoms with van der Waals surface area (Å²) in [5, 5.41) is 3.38. The van der Waals surface area contributed by atoms with Gasteiger partial charge in [0.25, 0.3) is 0 Å². The van der Waals surface area contributed by atoms with Crippen molar-refractivity contribution in [1.29, 1.82) is 0 Å². The minimum Gasteiger partial charge on any atom is -0.378 e. The topological polar surface area (TPSA) is 21.3 Å². The van der Waals surface area contributed by atoms with Crippen LogP contribution in [0.25, 0.3) is 0 Å². The van der Waals surface area contributed by atoms with Gasteiger partial charge in [0.05, 0.1) is 12.7 Å². The van der Waals surface area contributed by atoms with E-state index in [1.54, 1.807) is 0 Å². The Hall–Kier alpha value is -0.0800. The van der Waals surface area contributed by atoms with Crippen LogP contribution in [0.4, 0.5) is 0 Å². The summed E-state index contributed by atoms with van der Waals surface area (Å²) in [6, 6.07) is 0. The quantitative estimate of drug-likeness (QED) is 0.669. The van der Waals surface area contributed by atoms with Crippen molar-refractivity contribution in [3.63, 3.8) is 0 Å². The molecule has 1 saturated heterocycles. The standard InChI is InChI=1S/C9H19NO/c1-8(2)11-7-9-4-3-5-10-6-9/h8-10H,3-7H2,1-2H3. The lowest BCUT2D eigenvalue weighted by Gasteiger charge is -2.23. The Balaban J connectivity index is 2.05. The third-order valence-electron chi connectivity index (χ3n) is 2.06. The molecule has 1 rings (SSSR count). The van der Waals surface area contributed by atoms with E-state index in [4.69, 9.17) is 4.74 Å². The van der Waals surface area contributed by atoms with Crippen molar-refractivity contribution in [1.82, 2.24) is 5.32 Å². The van der Waals surface area contributed by atoms with Crippen LogP contribution < -0.4 is 5.32 Å². The molecule has 0 aromatic rings. The second-order valence-corrected chi connectivity index (χ2v) is 3.59. The zero-order chi connectivity index (χ0) is 8.10. The van der Waals surface area contributed by atoms with Gasteiger partial charge in [-0.15, -0.1) is 0 Å². The number of nitrogens with one attached hydrogen (secondary N) is 1. The predicted molar refractivity (Wildman–Crippen MR) is 46.7 cm³/mol. The van der Waals surface area contributed by atoms with Gasteiger partial charge in [0.1, 0.15) is 0 Å². The van der Waals surface area contributed by atoms with Crippen LogP contribution >= 0.6 is 0 Å². The van der Waals surface area contributed by atoms with E-state index in [1.807, 2.05) is 0 Å². The number of hydrogen-bond acceptors (Lipinski definition) is 2. The lowest BCUT2D eigenvalue weighted by atomic mass is 10.0. The van der Waals surface area contributed by atoms with E-state index in [0.29, 0.717) is 6.10 Å². The predicted octanol–water partition coefficient (Wildman–Crippen LogP) is 1.41. The molecule has 0 aliphatic carbocycles. The molecule has 1 atom stereocenters. The molecule has 2 nitrogen and oxygen atoms in total. The molecule has 11 heavy (non-hydrogen) atoms. The molecular formula is C9H19NO. The van der Waals surface area contributed by atoms with Crippen LogP contribution in [0, 0.1) is 5.92 Å². The molecular weight excluding hydrogens is 138 g/mol. The first-order chi connectivity index (χ1) is 5.29. The second kappa shape index (κ2) is 4.73. The fourth-order valence-electron chi connectivity index (χ4n) is 1.39. The van der Waals surface area contributed by atoms with Gasteiger partial charge in [-0.1, -0.05) is 0 Å². The molecule has 0 aromatic carbocycles. The molecule has 1 fully saturated rings. The Morgan fingerprint density at radius 2 is 2.36 bits per heavy atom. The average molecular weight is 157 g/mol. The number of ether oxygens (including phenoxy) is 1. The number of hydrogen-bond donors (Lipinski definition) is 1. The van der Waals surface area contributed by atoms with Crippen molar-refractivity contribution in [2.45, 2.75) is 32.8 Å². The van der Waals surface area contributed by atoms with Crippen LogP contribution in [0.2, 0.25) is 0 Å². The van der Waals surface area contributed by atoms with Crippen molar-refractivity contribution in [3.8, 4) is 0 Å². The molecule has 0 bridgehead atoms. The van der Waals surface area contributed by atoms with E-state index in [9.17, 15) is 0 Å². The van der Waals surface area contributed by atoms with Crippen LogP contribution in [0.5, 0.6) is 0 Å². The molecule has 2 heteroatoms. The summed E-state index contributed by atoms with van der Waals surface area (Å²) >= 11 is 0. The fourth-order valence-corrected chi connectivity index (χ4v) is 1.39. The molecule has 1 unspecified atom stereocenters. The largest absolute Gasteiger partial charge is 0.378 e. The van der Waals surface area contributed by atoms with Gasteiger partial charge in [0, 0.05) is 6.54 Å². The fraction of sp³-hybridized carbons (Fsp3) is 1.00. The number of rotatable bonds is 3. The van der Waals surface area contributed by atoms with Crippen LogP contribution in [0.3, 0.4) is 0 Å². The van der Waals surface area contributed by atoms with E-state index >= 15 is 0 Å². The maximum absolute atomic E-state index is 5.54. The van der Waals surface area contributed by atoms with Crippen LogP contribution in [-0.4, -0.2) is 25.8 Å². The first kappa shape index (κ1) is 9.01. The van der Waals surface area contributed by atoms with Gasteiger partial charge in [-0.2, -0.15) is 0 Å². The summed E-state index contributed by atoms with van der Waals surface area (Å²) in [5.41, 5.74) is 0. The van der Waals surface area contributed by atoms with Gasteiger partial charge in [0.2, 0.25) is 0 Å². The summed E-state index contributed by atoms with van der Waals surface area (Å²) in [4.78, 5) is 0. The number of piperidine rings is 1. The van der Waals surface area contributed by atoms with Crippen LogP contribution in [-0.2, 0) is 4.74 Å². The van der Waals surface area contributed by atoms with E-state index in [1.165, 1.54) is 19.4 Å². The first-order valence-corrected chi connectivity index (χ1v) is 4.61. The molecule has 1 heterocycles. The van der Waals surface area contributed by atoms with E-state index in [2.05, 4.69) is 19.2 Å². The van der Waals surface area contributed by atoms with Crippen LogP contribution in [0.1, 0.15) is 26.7 Å². The van der Waals surface area contributed by atoms with E-state index in [0.717, 1.165) is 19.1 Å². The van der Waals surface area contributed by atoms with Gasteiger partial charge in [0.15, 0.2) is 0 Å². The van der Waals surface area contributed by atoms with Crippen molar-refractivity contribution in [3.05, 3.63) is 0 Å². The molecule has 0 saturated carbocycles. The van der Waals surface area contributed by atoms with Crippen molar-refractivity contribution < 1.29 is 4.74 Å². The Morgan fingerprint density at radius 1 is 1.55 bits per heavy atom. The molecule has 1 aliphatic rings. The Labute approximate surface area is 69.3 Å². The monoisotopic (exact) mass is 157 g/mol. The van der Waals surface area contributed by atoms with E-state index < -0.39 is 0 Å². The molecule has 1 N–H and O–H groups in total. The third kappa shape index (κ3) is 3.73. The van der Waals surface area contributed by atoms with Crippen molar-refractivity contribution >= 4 is 0 Å². The second-order valence-electron chi connectivity index (χ2n) is 3.59. The molecule has 66 valence electrons. The summed E-state index contributed by atoms with van der Waals surface area (Å²) in [7, 11) is 0. The minimum atomic E-state index is 0.386. The van der Waals surface area contributed by atoms with Crippen LogP contribution in [0.15, 0.2) is 0 Å². The highest BCUT2D eigenvalue weighted by atomic mass is 16.5. The van der Waals surface area contributed by atoms with Gasteiger partial charge >= 0.3 is 0 Å². The molecule has 0 spiro atoms. The van der Waals surface area contributed by atoms with Gasteiger partial charge < -0.3 is 10.1 Å². The smallest absolute Gasteiger partial charge is 0.0519 e. The summed E-state index contributed by atoms with van der Waals surface area (Å²) in [5.74, 6) is 0.756. The van der Waals surface area contributed by atoms with Crippen molar-refractivity contribution in [2.75, 3.05) is 19.7 Å². The highest BCUT2D eigenvalue weighted by molar-refractivity contribution is 4.68. The van der Waals surface area contributed by atoms with E-state index in [-0.39, 0.29) is 0 Å². The van der Waals surface area contributed by atoms with Crippen molar-refractivity contribution in [2.24, 2.45) is 5.92 Å². The normalized spacial score (nSPS) is 25.9. The molecule has 0 amide bonds. The third-order valence-corrected chi connectivity index (χ3v) is 2.06. The Kier molecular flexibility index (Phi) is 3.87. The molecule has 1 aliphatic heterocycles. The molecule has 0 aromatic heterocycles. The highest BCUT2D eigenvalue weighted by Crippen LogP contribution is 2.10. The first-order valence-electron chi connectivity index (χ1n) is 4.61.